The quantitative estimate of drug-likeness (QED) is 0.899. The molecule has 0 aromatic heterocycles. The predicted octanol–water partition coefficient (Wildman–Crippen LogP) is 3.38. The number of benzene rings is 2. The van der Waals surface area contributed by atoms with Gasteiger partial charge in [-0.05, 0) is 42.3 Å². The Hall–Kier alpha value is -2.16. The Balaban J connectivity index is 2.68. The first-order valence-corrected chi connectivity index (χ1v) is 5.68. The fourth-order valence-electron chi connectivity index (χ4n) is 2.05. The molecular weight excluding hydrogens is 228 g/mol. The summed E-state index contributed by atoms with van der Waals surface area (Å²) < 4.78 is 10.8. The third-order valence-corrected chi connectivity index (χ3v) is 2.91. The maximum absolute atomic E-state index is 9.47. The summed E-state index contributed by atoms with van der Waals surface area (Å²) in [5.41, 5.74) is 2.86. The van der Waals surface area contributed by atoms with Crippen LogP contribution < -0.4 is 9.47 Å². The van der Waals surface area contributed by atoms with Gasteiger partial charge in [-0.15, -0.1) is 0 Å². The molecule has 2 rings (SSSR count). The number of aromatic hydroxyl groups is 1. The van der Waals surface area contributed by atoms with Gasteiger partial charge in [-0.25, -0.2) is 0 Å². The highest BCUT2D eigenvalue weighted by atomic mass is 16.5. The highest BCUT2D eigenvalue weighted by Gasteiger charge is 2.14. The average molecular weight is 244 g/mol. The van der Waals surface area contributed by atoms with Crippen molar-refractivity contribution in [3.63, 3.8) is 0 Å². The van der Waals surface area contributed by atoms with Crippen molar-refractivity contribution >= 4 is 0 Å². The first-order valence-electron chi connectivity index (χ1n) is 5.68. The van der Waals surface area contributed by atoms with Gasteiger partial charge >= 0.3 is 0 Å². The van der Waals surface area contributed by atoms with Crippen molar-refractivity contribution in [3.05, 3.63) is 42.0 Å². The van der Waals surface area contributed by atoms with Crippen LogP contribution in [0.1, 0.15) is 5.56 Å². The highest BCUT2D eigenvalue weighted by Crippen LogP contribution is 2.40. The van der Waals surface area contributed by atoms with Gasteiger partial charge < -0.3 is 14.6 Å². The van der Waals surface area contributed by atoms with E-state index in [-0.39, 0.29) is 5.75 Å². The summed E-state index contributed by atoms with van der Waals surface area (Å²) in [5, 5.41) is 9.47. The van der Waals surface area contributed by atoms with Crippen molar-refractivity contribution in [2.75, 3.05) is 14.2 Å². The molecule has 0 aliphatic carbocycles. The van der Waals surface area contributed by atoms with Crippen molar-refractivity contribution in [2.24, 2.45) is 0 Å². The van der Waals surface area contributed by atoms with Crippen LogP contribution in [0.3, 0.4) is 0 Å². The van der Waals surface area contributed by atoms with Crippen molar-refractivity contribution < 1.29 is 14.6 Å². The molecule has 0 unspecified atom stereocenters. The summed E-state index contributed by atoms with van der Waals surface area (Å²) in [6, 6.07) is 10.9. The van der Waals surface area contributed by atoms with Crippen LogP contribution in [-0.4, -0.2) is 19.3 Å². The summed E-state index contributed by atoms with van der Waals surface area (Å²) in [6.07, 6.45) is 0. The number of aryl methyl sites for hydroxylation is 1. The molecule has 0 amide bonds. The molecule has 1 N–H and O–H groups in total. The molecule has 0 aliphatic heterocycles. The molecule has 2 aromatic rings. The van der Waals surface area contributed by atoms with Gasteiger partial charge in [0.15, 0.2) is 0 Å². The molecule has 3 heteroatoms. The zero-order valence-corrected chi connectivity index (χ0v) is 10.7. The molecule has 0 spiro atoms. The number of ether oxygens (including phenoxy) is 2. The zero-order valence-electron chi connectivity index (χ0n) is 10.7. The first kappa shape index (κ1) is 12.3. The summed E-state index contributed by atoms with van der Waals surface area (Å²) in [5.74, 6) is 1.76. The van der Waals surface area contributed by atoms with Crippen LogP contribution in [0.4, 0.5) is 0 Å². The first-order chi connectivity index (χ1) is 8.67. The lowest BCUT2D eigenvalue weighted by molar-refractivity contribution is 0.397. The molecule has 0 atom stereocenters. The highest BCUT2D eigenvalue weighted by molar-refractivity contribution is 5.79. The Kier molecular flexibility index (Phi) is 3.42. The number of hydrogen-bond donors (Lipinski definition) is 1. The lowest BCUT2D eigenvalue weighted by Gasteiger charge is -2.15. The normalized spacial score (nSPS) is 10.2. The van der Waals surface area contributed by atoms with Gasteiger partial charge in [0.25, 0.3) is 0 Å². The molecule has 94 valence electrons. The third kappa shape index (κ3) is 2.12. The Morgan fingerprint density at radius 2 is 1.56 bits per heavy atom. The third-order valence-electron chi connectivity index (χ3n) is 2.91. The summed E-state index contributed by atoms with van der Waals surface area (Å²) in [6.45, 7) is 1.95. The number of phenolic OH excluding ortho intramolecular Hbond substituents is 1. The van der Waals surface area contributed by atoms with E-state index in [0.717, 1.165) is 28.2 Å². The maximum Gasteiger partial charge on any atom is 0.130 e. The maximum atomic E-state index is 9.47. The molecule has 18 heavy (non-hydrogen) atoms. The summed E-state index contributed by atoms with van der Waals surface area (Å²) in [7, 11) is 3.27. The molecule has 2 aromatic carbocycles. The number of hydrogen-bond acceptors (Lipinski definition) is 3. The molecule has 0 fully saturated rings. The molecule has 0 saturated heterocycles. The van der Waals surface area contributed by atoms with Gasteiger partial charge in [0.1, 0.15) is 17.2 Å². The smallest absolute Gasteiger partial charge is 0.130 e. The van der Waals surface area contributed by atoms with E-state index >= 15 is 0 Å². The van der Waals surface area contributed by atoms with Gasteiger partial charge in [0.05, 0.1) is 19.8 Å². The van der Waals surface area contributed by atoms with Crippen LogP contribution in [0.5, 0.6) is 17.2 Å². The zero-order chi connectivity index (χ0) is 13.1. The molecular formula is C15H16O3. The van der Waals surface area contributed by atoms with E-state index in [1.165, 1.54) is 0 Å². The Labute approximate surface area is 107 Å². The molecule has 0 saturated carbocycles. The standard InChI is InChI=1S/C15H16O3/c1-10-9-11(16)7-8-12(10)15-13(17-2)5-4-6-14(15)18-3/h4-9,16H,1-3H3. The van der Waals surface area contributed by atoms with Crippen LogP contribution in [0.15, 0.2) is 36.4 Å². The predicted molar refractivity (Wildman–Crippen MR) is 71.4 cm³/mol. The van der Waals surface area contributed by atoms with E-state index < -0.39 is 0 Å². The Morgan fingerprint density at radius 1 is 0.944 bits per heavy atom. The molecule has 0 aliphatic rings. The van der Waals surface area contributed by atoms with Crippen LogP contribution >= 0.6 is 0 Å². The van der Waals surface area contributed by atoms with E-state index in [2.05, 4.69) is 0 Å². The van der Waals surface area contributed by atoms with Gasteiger partial charge in [-0.2, -0.15) is 0 Å². The van der Waals surface area contributed by atoms with Crippen LogP contribution in [0.2, 0.25) is 0 Å². The van der Waals surface area contributed by atoms with E-state index in [4.69, 9.17) is 9.47 Å². The number of rotatable bonds is 3. The minimum atomic E-state index is 0.255. The van der Waals surface area contributed by atoms with Gasteiger partial charge in [-0.3, -0.25) is 0 Å². The number of phenols is 1. The van der Waals surface area contributed by atoms with Crippen molar-refractivity contribution in [3.8, 4) is 28.4 Å². The lowest BCUT2D eigenvalue weighted by atomic mass is 9.98. The van der Waals surface area contributed by atoms with Crippen LogP contribution in [-0.2, 0) is 0 Å². The lowest BCUT2D eigenvalue weighted by Crippen LogP contribution is -1.94. The second-order valence-electron chi connectivity index (χ2n) is 4.04. The van der Waals surface area contributed by atoms with E-state index in [1.54, 1.807) is 26.4 Å². The summed E-state index contributed by atoms with van der Waals surface area (Å²) >= 11 is 0. The topological polar surface area (TPSA) is 38.7 Å². The number of methoxy groups -OCH3 is 2. The fraction of sp³-hybridized carbons (Fsp3) is 0.200. The minimum absolute atomic E-state index is 0.255. The second-order valence-corrected chi connectivity index (χ2v) is 4.04. The largest absolute Gasteiger partial charge is 0.508 e. The Morgan fingerprint density at radius 3 is 2.06 bits per heavy atom. The average Bonchev–Trinajstić information content (AvgIpc) is 2.38. The van der Waals surface area contributed by atoms with E-state index in [0.29, 0.717) is 0 Å². The van der Waals surface area contributed by atoms with Gasteiger partial charge in [-0.1, -0.05) is 12.1 Å². The summed E-state index contributed by atoms with van der Waals surface area (Å²) in [4.78, 5) is 0. The van der Waals surface area contributed by atoms with Crippen molar-refractivity contribution in [2.45, 2.75) is 6.92 Å². The molecule has 0 bridgehead atoms. The van der Waals surface area contributed by atoms with E-state index in [9.17, 15) is 5.11 Å². The van der Waals surface area contributed by atoms with Gasteiger partial charge in [0.2, 0.25) is 0 Å². The molecule has 3 nitrogen and oxygen atoms in total. The molecule has 0 heterocycles. The second kappa shape index (κ2) is 5.00. The van der Waals surface area contributed by atoms with Crippen molar-refractivity contribution in [1.82, 2.24) is 0 Å². The minimum Gasteiger partial charge on any atom is -0.508 e. The van der Waals surface area contributed by atoms with E-state index in [1.807, 2.05) is 31.2 Å². The SMILES string of the molecule is COc1cccc(OC)c1-c1ccc(O)cc1C. The molecule has 0 radical (unpaired) electrons. The van der Waals surface area contributed by atoms with Crippen LogP contribution in [0, 0.1) is 6.92 Å². The monoisotopic (exact) mass is 244 g/mol. The van der Waals surface area contributed by atoms with Crippen LogP contribution in [0.25, 0.3) is 11.1 Å². The van der Waals surface area contributed by atoms with Crippen molar-refractivity contribution in [1.29, 1.82) is 0 Å². The van der Waals surface area contributed by atoms with Gasteiger partial charge in [0, 0.05) is 0 Å². The fourth-order valence-corrected chi connectivity index (χ4v) is 2.05. The Bertz CT molecular complexity index is 539.